The summed E-state index contributed by atoms with van der Waals surface area (Å²) in [6.45, 7) is 0. The van der Waals surface area contributed by atoms with Gasteiger partial charge in [0.1, 0.15) is 0 Å². The lowest BCUT2D eigenvalue weighted by atomic mass is 14.0. The van der Waals surface area contributed by atoms with Gasteiger partial charge in [-0.05, 0) is 11.7 Å². The average Bonchev–Trinajstić information content (AvgIpc) is 1.59. The molecule has 0 radical (unpaired) electrons. The van der Waals surface area contributed by atoms with E-state index in [0.29, 0.717) is 0 Å². The summed E-state index contributed by atoms with van der Waals surface area (Å²) in [5.41, 5.74) is 0. The van der Waals surface area contributed by atoms with Crippen molar-refractivity contribution >= 4 is 41.0 Å². The molecule has 0 bridgehead atoms. The van der Waals surface area contributed by atoms with Crippen molar-refractivity contribution in [2.75, 3.05) is 0 Å². The molecular weight excluding hydrogens is 254 g/mol. The Morgan fingerprint density at radius 3 is 1.17 bits per heavy atom. The molecule has 0 aromatic rings. The minimum Gasteiger partial charge on any atom is -0.344 e. The van der Waals surface area contributed by atoms with Gasteiger partial charge in [-0.2, -0.15) is 8.42 Å². The normalized spacial score (nSPS) is 14.7. The van der Waals surface area contributed by atoms with Crippen LogP contribution >= 0.6 is 11.7 Å². The maximum atomic E-state index is 9.26. The fourth-order valence-corrected chi connectivity index (χ4v) is 0. The molecule has 0 aromatic heterocycles. The van der Waals surface area contributed by atoms with E-state index < -0.39 is 29.4 Å². The number of hydrogen-bond donors (Lipinski definition) is 5. The highest BCUT2D eigenvalue weighted by Gasteiger charge is 1.95. The van der Waals surface area contributed by atoms with Gasteiger partial charge in [0.25, 0.3) is 20.2 Å². The first kappa shape index (κ1) is 18.3. The molecule has 0 saturated carbocycles. The third kappa shape index (κ3) is 47.2. The Balaban J connectivity index is -0.000000126. The van der Waals surface area contributed by atoms with Crippen molar-refractivity contribution in [2.24, 2.45) is 0 Å². The SMILES string of the molecule is N.O=S(=O)(O)S.O=S(O)S(=O)O. The van der Waals surface area contributed by atoms with Gasteiger partial charge in [0, 0.05) is 0 Å². The average molecular weight is 261 g/mol. The molecule has 0 spiro atoms. The predicted molar refractivity (Wildman–Crippen MR) is 47.1 cm³/mol. The van der Waals surface area contributed by atoms with Crippen LogP contribution in [-0.4, -0.2) is 30.5 Å². The van der Waals surface area contributed by atoms with E-state index in [1.165, 1.54) is 0 Å². The minimum absolute atomic E-state index is 0. The molecule has 0 rings (SSSR count). The van der Waals surface area contributed by atoms with Crippen molar-refractivity contribution in [3.63, 3.8) is 0 Å². The predicted octanol–water partition coefficient (Wildman–Crippen LogP) is -0.774. The Hall–Kier alpha value is 0.440. The van der Waals surface area contributed by atoms with Gasteiger partial charge in [0.2, 0.25) is 0 Å². The van der Waals surface area contributed by atoms with E-state index in [2.05, 4.69) is 11.7 Å². The highest BCUT2D eigenvalue weighted by atomic mass is 33.2. The lowest BCUT2D eigenvalue weighted by molar-refractivity contribution is 0.503. The lowest BCUT2D eigenvalue weighted by Crippen LogP contribution is -1.93. The van der Waals surface area contributed by atoms with E-state index in [-0.39, 0.29) is 6.15 Å². The molecule has 6 N–H and O–H groups in total. The van der Waals surface area contributed by atoms with Crippen LogP contribution in [0, 0.1) is 0 Å². The monoisotopic (exact) mass is 261 g/mol. The molecule has 0 saturated heterocycles. The first-order valence-corrected chi connectivity index (χ1v) is 6.79. The molecule has 8 nitrogen and oxygen atoms in total. The van der Waals surface area contributed by atoms with E-state index >= 15 is 0 Å². The van der Waals surface area contributed by atoms with Crippen LogP contribution in [-0.2, 0) is 29.4 Å². The molecule has 0 aromatic carbocycles. The van der Waals surface area contributed by atoms with Gasteiger partial charge in [0.15, 0.2) is 0 Å². The number of hydrogen-bond acceptors (Lipinski definition) is 5. The smallest absolute Gasteiger partial charge is 0.316 e. The maximum absolute atomic E-state index is 9.26. The third-order valence-corrected chi connectivity index (χ3v) is 1.10. The van der Waals surface area contributed by atoms with Crippen molar-refractivity contribution in [3.8, 4) is 0 Å². The van der Waals surface area contributed by atoms with Gasteiger partial charge in [0.05, 0.1) is 0 Å². The van der Waals surface area contributed by atoms with Crippen molar-refractivity contribution in [3.05, 3.63) is 0 Å². The highest BCUT2D eigenvalue weighted by molar-refractivity contribution is 8.61. The zero-order valence-electron chi connectivity index (χ0n) is 5.35. The Morgan fingerprint density at radius 2 is 1.17 bits per heavy atom. The van der Waals surface area contributed by atoms with Gasteiger partial charge in [-0.25, -0.2) is 8.42 Å². The summed E-state index contributed by atoms with van der Waals surface area (Å²) < 4.78 is 59.1. The zero-order chi connectivity index (χ0) is 9.65. The van der Waals surface area contributed by atoms with E-state index in [1.54, 1.807) is 0 Å². The Morgan fingerprint density at radius 1 is 1.08 bits per heavy atom. The van der Waals surface area contributed by atoms with Crippen LogP contribution in [0.15, 0.2) is 0 Å². The second-order valence-electron chi connectivity index (χ2n) is 0.882. The Kier molecular flexibility index (Phi) is 12.3. The van der Waals surface area contributed by atoms with Crippen molar-refractivity contribution < 1.29 is 30.5 Å². The minimum atomic E-state index is -3.97. The fraction of sp³-hybridized carbons (Fsp3) is 0. The first-order valence-electron chi connectivity index (χ1n) is 1.56. The molecule has 2 unspecified atom stereocenters. The van der Waals surface area contributed by atoms with Crippen molar-refractivity contribution in [1.82, 2.24) is 6.15 Å². The highest BCUT2D eigenvalue weighted by Crippen LogP contribution is 1.81. The van der Waals surface area contributed by atoms with Crippen LogP contribution in [0.25, 0.3) is 0 Å². The summed E-state index contributed by atoms with van der Waals surface area (Å²) in [5.74, 6) is 0. The standard InChI is InChI=1S/H3N.H2O4S2.H2O3S2/c;1-5(2)6(3)4;1-5(2,3)4/h1H3;(H,1,2)(H,3,4);(H2,1,2,3,4). The molecule has 0 aliphatic carbocycles. The summed E-state index contributed by atoms with van der Waals surface area (Å²) in [5, 5.41) is 0. The largest absolute Gasteiger partial charge is 0.344 e. The molecule has 78 valence electrons. The van der Waals surface area contributed by atoms with E-state index in [0.717, 1.165) is 0 Å². The molecular formula is H7NO7S4. The van der Waals surface area contributed by atoms with E-state index in [9.17, 15) is 8.42 Å². The van der Waals surface area contributed by atoms with Crippen molar-refractivity contribution in [1.29, 1.82) is 0 Å². The summed E-state index contributed by atoms with van der Waals surface area (Å²) in [6.07, 6.45) is 0. The Labute approximate surface area is 77.9 Å². The van der Waals surface area contributed by atoms with Crippen LogP contribution in [0.2, 0.25) is 0 Å². The second-order valence-corrected chi connectivity index (χ2v) is 5.74. The Bertz CT molecular complexity index is 218. The topological polar surface area (TPSA) is 164 Å². The van der Waals surface area contributed by atoms with E-state index in [1.807, 2.05) is 0 Å². The molecule has 0 aliphatic heterocycles. The summed E-state index contributed by atoms with van der Waals surface area (Å²) in [6, 6.07) is 0. The van der Waals surface area contributed by atoms with Gasteiger partial charge >= 0.3 is 9.15 Å². The first-order chi connectivity index (χ1) is 4.64. The van der Waals surface area contributed by atoms with Crippen LogP contribution in [0.3, 0.4) is 0 Å². The van der Waals surface area contributed by atoms with Crippen LogP contribution in [0.1, 0.15) is 0 Å². The van der Waals surface area contributed by atoms with Crippen LogP contribution < -0.4 is 6.15 Å². The zero-order valence-corrected chi connectivity index (χ0v) is 8.70. The van der Waals surface area contributed by atoms with Gasteiger partial charge < -0.3 is 6.15 Å². The van der Waals surface area contributed by atoms with Crippen LogP contribution in [0.5, 0.6) is 0 Å². The molecule has 0 fully saturated rings. The fourth-order valence-electron chi connectivity index (χ4n) is 0. The number of thiol groups is 1. The summed E-state index contributed by atoms with van der Waals surface area (Å²) in [4.78, 5) is 0. The molecule has 0 amide bonds. The number of rotatable bonds is 1. The van der Waals surface area contributed by atoms with Gasteiger partial charge in [-0.15, -0.1) is 0 Å². The summed E-state index contributed by atoms with van der Waals surface area (Å²) in [7, 11) is -9.15. The third-order valence-electron chi connectivity index (χ3n) is 0.122. The van der Waals surface area contributed by atoms with Gasteiger partial charge in [-0.1, -0.05) is 0 Å². The van der Waals surface area contributed by atoms with E-state index in [4.69, 9.17) is 22.1 Å². The van der Waals surface area contributed by atoms with Crippen LogP contribution in [0.4, 0.5) is 0 Å². The molecule has 2 atom stereocenters. The molecule has 12 heavy (non-hydrogen) atoms. The molecule has 12 heteroatoms. The maximum Gasteiger partial charge on any atom is 0.316 e. The second kappa shape index (κ2) is 8.06. The van der Waals surface area contributed by atoms with Gasteiger partial charge in [-0.3, -0.25) is 13.7 Å². The molecule has 0 heterocycles. The van der Waals surface area contributed by atoms with Crippen molar-refractivity contribution in [2.45, 2.75) is 0 Å². The molecule has 0 aliphatic rings. The lowest BCUT2D eigenvalue weighted by Gasteiger charge is -1.74. The summed E-state index contributed by atoms with van der Waals surface area (Å²) >= 11 is 2.65. The quantitative estimate of drug-likeness (QED) is 0.177.